The lowest BCUT2D eigenvalue weighted by molar-refractivity contribution is -0.280. The van der Waals surface area contributed by atoms with Crippen molar-refractivity contribution in [3.05, 3.63) is 24.3 Å². The van der Waals surface area contributed by atoms with Gasteiger partial charge in [-0.3, -0.25) is 0 Å². The van der Waals surface area contributed by atoms with Crippen molar-refractivity contribution < 1.29 is 22.6 Å². The molecule has 0 aromatic heterocycles. The van der Waals surface area contributed by atoms with Crippen LogP contribution < -0.4 is 4.74 Å². The Bertz CT molecular complexity index is 612. The molecule has 3 rings (SSSR count). The maximum atomic E-state index is 12.7. The predicted octanol–water partition coefficient (Wildman–Crippen LogP) is 2.00. The van der Waals surface area contributed by atoms with Gasteiger partial charge in [0, 0.05) is 25.9 Å². The molecule has 0 amide bonds. The van der Waals surface area contributed by atoms with Crippen LogP contribution in [0, 0.1) is 0 Å². The van der Waals surface area contributed by atoms with E-state index in [0.717, 1.165) is 6.42 Å². The van der Waals surface area contributed by atoms with Gasteiger partial charge in [-0.2, -0.15) is 4.31 Å². The average molecular weight is 341 g/mol. The lowest BCUT2D eigenvalue weighted by Gasteiger charge is -2.42. The van der Waals surface area contributed by atoms with E-state index in [9.17, 15) is 8.42 Å². The quantitative estimate of drug-likeness (QED) is 0.838. The summed E-state index contributed by atoms with van der Waals surface area (Å²) < 4.78 is 43.8. The highest BCUT2D eigenvalue weighted by atomic mass is 32.2. The van der Waals surface area contributed by atoms with Crippen LogP contribution in [-0.4, -0.2) is 51.4 Å². The third-order valence-corrected chi connectivity index (χ3v) is 6.19. The van der Waals surface area contributed by atoms with E-state index in [0.29, 0.717) is 56.4 Å². The molecule has 6 nitrogen and oxygen atoms in total. The molecule has 0 aliphatic carbocycles. The van der Waals surface area contributed by atoms with Crippen molar-refractivity contribution in [1.82, 2.24) is 4.31 Å². The normalized spacial score (nSPS) is 22.1. The second kappa shape index (κ2) is 6.76. The molecule has 1 spiro atoms. The van der Waals surface area contributed by atoms with E-state index in [1.807, 2.05) is 6.92 Å². The van der Waals surface area contributed by atoms with Gasteiger partial charge in [-0.25, -0.2) is 8.42 Å². The summed E-state index contributed by atoms with van der Waals surface area (Å²) >= 11 is 0. The molecule has 0 bridgehead atoms. The molecule has 128 valence electrons. The van der Waals surface area contributed by atoms with Crippen LogP contribution in [0.15, 0.2) is 29.2 Å². The van der Waals surface area contributed by atoms with Crippen molar-refractivity contribution in [2.45, 2.75) is 36.9 Å². The first-order chi connectivity index (χ1) is 11.1. The lowest BCUT2D eigenvalue weighted by Crippen LogP contribution is -2.51. The molecule has 23 heavy (non-hydrogen) atoms. The Morgan fingerprint density at radius 1 is 1.13 bits per heavy atom. The fourth-order valence-corrected chi connectivity index (χ4v) is 4.44. The van der Waals surface area contributed by atoms with Crippen molar-refractivity contribution in [2.24, 2.45) is 0 Å². The molecule has 2 heterocycles. The molecule has 0 radical (unpaired) electrons. The van der Waals surface area contributed by atoms with Crippen LogP contribution in [0.3, 0.4) is 0 Å². The molecule has 0 atom stereocenters. The minimum Gasteiger partial charge on any atom is -0.494 e. The van der Waals surface area contributed by atoms with Crippen molar-refractivity contribution in [3.63, 3.8) is 0 Å². The van der Waals surface area contributed by atoms with E-state index in [1.165, 1.54) is 4.31 Å². The van der Waals surface area contributed by atoms with Crippen LogP contribution >= 0.6 is 0 Å². The van der Waals surface area contributed by atoms with Gasteiger partial charge in [0.2, 0.25) is 10.0 Å². The Kier molecular flexibility index (Phi) is 4.91. The molecular formula is C16H23NO5S. The molecule has 2 aliphatic heterocycles. The third kappa shape index (κ3) is 3.52. The van der Waals surface area contributed by atoms with E-state index < -0.39 is 15.8 Å². The van der Waals surface area contributed by atoms with Gasteiger partial charge in [-0.05, 0) is 37.6 Å². The zero-order valence-electron chi connectivity index (χ0n) is 13.4. The van der Waals surface area contributed by atoms with E-state index in [1.54, 1.807) is 24.3 Å². The highest BCUT2D eigenvalue weighted by Crippen LogP contribution is 2.33. The molecule has 0 saturated carbocycles. The number of piperidine rings is 1. The highest BCUT2D eigenvalue weighted by molar-refractivity contribution is 7.89. The first-order valence-electron chi connectivity index (χ1n) is 8.07. The number of sulfonamides is 1. The first-order valence-corrected chi connectivity index (χ1v) is 9.51. The largest absolute Gasteiger partial charge is 0.494 e. The molecule has 2 aliphatic rings. The summed E-state index contributed by atoms with van der Waals surface area (Å²) in [4.78, 5) is 0.294. The number of benzene rings is 1. The number of rotatable bonds is 4. The van der Waals surface area contributed by atoms with Gasteiger partial charge in [0.15, 0.2) is 5.79 Å². The van der Waals surface area contributed by atoms with Crippen LogP contribution in [0.1, 0.15) is 26.2 Å². The van der Waals surface area contributed by atoms with E-state index >= 15 is 0 Å². The zero-order valence-corrected chi connectivity index (χ0v) is 14.2. The third-order valence-electron chi connectivity index (χ3n) is 4.28. The molecule has 2 fully saturated rings. The average Bonchev–Trinajstić information content (AvgIpc) is 2.57. The van der Waals surface area contributed by atoms with Gasteiger partial charge in [-0.15, -0.1) is 0 Å². The summed E-state index contributed by atoms with van der Waals surface area (Å²) in [6, 6.07) is 6.57. The molecule has 0 N–H and O–H groups in total. The van der Waals surface area contributed by atoms with Gasteiger partial charge in [0.1, 0.15) is 5.75 Å². The fraction of sp³-hybridized carbons (Fsp3) is 0.625. The predicted molar refractivity (Wildman–Crippen MR) is 84.9 cm³/mol. The Morgan fingerprint density at radius 3 is 2.30 bits per heavy atom. The topological polar surface area (TPSA) is 65.1 Å². The Hall–Kier alpha value is -1.15. The second-order valence-electron chi connectivity index (χ2n) is 5.77. The van der Waals surface area contributed by atoms with E-state index in [-0.39, 0.29) is 0 Å². The van der Waals surface area contributed by atoms with Crippen molar-refractivity contribution in [3.8, 4) is 5.75 Å². The smallest absolute Gasteiger partial charge is 0.243 e. The van der Waals surface area contributed by atoms with Gasteiger partial charge in [-0.1, -0.05) is 0 Å². The van der Waals surface area contributed by atoms with E-state index in [2.05, 4.69) is 0 Å². The van der Waals surface area contributed by atoms with Crippen molar-refractivity contribution >= 4 is 10.0 Å². The summed E-state index contributed by atoms with van der Waals surface area (Å²) in [5.41, 5.74) is 0. The Balaban J connectivity index is 1.68. The number of ether oxygens (including phenoxy) is 3. The molecule has 1 aromatic carbocycles. The number of hydrogen-bond donors (Lipinski definition) is 0. The minimum atomic E-state index is -3.48. The molecule has 0 unspecified atom stereocenters. The van der Waals surface area contributed by atoms with Crippen LogP contribution in [-0.2, 0) is 19.5 Å². The minimum absolute atomic E-state index is 0.294. The summed E-state index contributed by atoms with van der Waals surface area (Å²) in [6.07, 6.45) is 2.04. The highest BCUT2D eigenvalue weighted by Gasteiger charge is 2.41. The van der Waals surface area contributed by atoms with E-state index in [4.69, 9.17) is 14.2 Å². The number of hydrogen-bond acceptors (Lipinski definition) is 5. The summed E-state index contributed by atoms with van der Waals surface area (Å²) in [5.74, 6) is 0.0939. The Morgan fingerprint density at radius 2 is 1.74 bits per heavy atom. The molecular weight excluding hydrogens is 318 g/mol. The maximum Gasteiger partial charge on any atom is 0.243 e. The first kappa shape index (κ1) is 16.7. The van der Waals surface area contributed by atoms with Gasteiger partial charge in [0.25, 0.3) is 0 Å². The standard InChI is InChI=1S/C16H23NO5S/c1-2-20-14-4-6-15(7-5-14)23(18,19)17-10-8-16(9-11-17)21-12-3-13-22-16/h4-7H,2-3,8-13H2,1H3. The van der Waals surface area contributed by atoms with Crippen LogP contribution in [0.4, 0.5) is 0 Å². The van der Waals surface area contributed by atoms with Gasteiger partial charge in [0.05, 0.1) is 24.7 Å². The molecule has 2 saturated heterocycles. The fourth-order valence-electron chi connectivity index (χ4n) is 3.00. The molecule has 7 heteroatoms. The second-order valence-corrected chi connectivity index (χ2v) is 7.71. The van der Waals surface area contributed by atoms with Gasteiger partial charge >= 0.3 is 0 Å². The van der Waals surface area contributed by atoms with Crippen molar-refractivity contribution in [2.75, 3.05) is 32.9 Å². The summed E-state index contributed by atoms with van der Waals surface area (Å²) in [5, 5.41) is 0. The van der Waals surface area contributed by atoms with Crippen LogP contribution in [0.25, 0.3) is 0 Å². The maximum absolute atomic E-state index is 12.7. The van der Waals surface area contributed by atoms with Crippen molar-refractivity contribution in [1.29, 1.82) is 0 Å². The SMILES string of the molecule is CCOc1ccc(S(=O)(=O)N2CCC3(CC2)OCCCO3)cc1. The molecule has 1 aromatic rings. The monoisotopic (exact) mass is 341 g/mol. The Labute approximate surface area is 137 Å². The number of nitrogens with zero attached hydrogens (tertiary/aromatic N) is 1. The van der Waals surface area contributed by atoms with Crippen LogP contribution in [0.2, 0.25) is 0 Å². The summed E-state index contributed by atoms with van der Waals surface area (Å²) in [7, 11) is -3.48. The van der Waals surface area contributed by atoms with Gasteiger partial charge < -0.3 is 14.2 Å². The zero-order chi connectivity index (χ0) is 16.3. The van der Waals surface area contributed by atoms with Crippen LogP contribution in [0.5, 0.6) is 5.75 Å². The lowest BCUT2D eigenvalue weighted by atomic mass is 10.0. The summed E-state index contributed by atoms with van der Waals surface area (Å²) in [6.45, 7) is 4.65.